The summed E-state index contributed by atoms with van der Waals surface area (Å²) in [5.74, 6) is -0.164. The molecule has 0 aliphatic carbocycles. The molecule has 1 aromatic heterocycles. The van der Waals surface area contributed by atoms with Crippen LogP contribution in [0.4, 0.5) is 0 Å². The highest BCUT2D eigenvalue weighted by molar-refractivity contribution is 7.89. The molecule has 0 spiro atoms. The fourth-order valence-corrected chi connectivity index (χ4v) is 3.75. The van der Waals surface area contributed by atoms with E-state index in [4.69, 9.17) is 11.6 Å². The monoisotopic (exact) mass is 318 g/mol. The van der Waals surface area contributed by atoms with Crippen LogP contribution >= 0.6 is 11.6 Å². The highest BCUT2D eigenvalue weighted by atomic mass is 35.5. The maximum Gasteiger partial charge on any atom is 0.246 e. The molecule has 1 aliphatic heterocycles. The first kappa shape index (κ1) is 15.1. The normalized spacial score (nSPS) is 23.8. The third-order valence-electron chi connectivity index (χ3n) is 3.45. The Hall–Kier alpha value is -1.25. The van der Waals surface area contributed by atoms with Crippen molar-refractivity contribution in [3.8, 4) is 0 Å². The lowest BCUT2D eigenvalue weighted by molar-refractivity contribution is -0.128. The number of hydrogen-bond acceptors (Lipinski definition) is 5. The van der Waals surface area contributed by atoms with Crippen molar-refractivity contribution in [3.05, 3.63) is 17.7 Å². The predicted octanol–water partition coefficient (Wildman–Crippen LogP) is 0.277. The average Bonchev–Trinajstić information content (AvgIpc) is 2.83. The fourth-order valence-electron chi connectivity index (χ4n) is 2.19. The van der Waals surface area contributed by atoms with Crippen molar-refractivity contribution in [3.63, 3.8) is 0 Å². The predicted molar refractivity (Wildman–Crippen MR) is 72.6 cm³/mol. The Balaban J connectivity index is 2.25. The van der Waals surface area contributed by atoms with Gasteiger partial charge in [0.05, 0.1) is 17.8 Å². The molecule has 0 aromatic carbocycles. The number of aromatic nitrogens is 2. The lowest BCUT2D eigenvalue weighted by atomic mass is 9.89. The van der Waals surface area contributed by atoms with Gasteiger partial charge in [0.1, 0.15) is 4.90 Å². The van der Waals surface area contributed by atoms with Crippen LogP contribution in [0.5, 0.6) is 0 Å². The highest BCUT2D eigenvalue weighted by Crippen LogP contribution is 2.33. The van der Waals surface area contributed by atoms with Crippen LogP contribution in [0.2, 0.25) is 5.28 Å². The average molecular weight is 319 g/mol. The van der Waals surface area contributed by atoms with Gasteiger partial charge in [-0.3, -0.25) is 4.79 Å². The fraction of sp³-hybridized carbons (Fsp3) is 0.545. The number of nitrogens with zero attached hydrogens (tertiary/aromatic N) is 3. The van der Waals surface area contributed by atoms with Gasteiger partial charge in [0.25, 0.3) is 0 Å². The minimum Gasteiger partial charge on any atom is -0.359 e. The third-order valence-corrected chi connectivity index (χ3v) is 5.44. The Morgan fingerprint density at radius 1 is 1.45 bits per heavy atom. The van der Waals surface area contributed by atoms with E-state index in [0.29, 0.717) is 6.42 Å². The summed E-state index contributed by atoms with van der Waals surface area (Å²) in [4.78, 5) is 19.1. The summed E-state index contributed by atoms with van der Waals surface area (Å²) in [6.45, 7) is 2.17. The summed E-state index contributed by atoms with van der Waals surface area (Å²) in [6.07, 6.45) is 2.81. The Morgan fingerprint density at radius 3 is 2.60 bits per heavy atom. The van der Waals surface area contributed by atoms with E-state index in [2.05, 4.69) is 15.3 Å². The molecule has 1 saturated heterocycles. The maximum atomic E-state index is 12.4. The summed E-state index contributed by atoms with van der Waals surface area (Å²) in [6, 6.07) is 0. The number of carbonyl (C=O) groups is 1. The Labute approximate surface area is 122 Å². The van der Waals surface area contributed by atoms with Gasteiger partial charge in [-0.2, -0.15) is 4.31 Å². The maximum absolute atomic E-state index is 12.4. The van der Waals surface area contributed by atoms with Crippen LogP contribution in [0.1, 0.15) is 13.3 Å². The second kappa shape index (κ2) is 5.27. The van der Waals surface area contributed by atoms with E-state index in [1.807, 2.05) is 0 Å². The smallest absolute Gasteiger partial charge is 0.246 e. The van der Waals surface area contributed by atoms with E-state index in [9.17, 15) is 13.2 Å². The zero-order valence-electron chi connectivity index (χ0n) is 11.1. The van der Waals surface area contributed by atoms with E-state index in [1.165, 1.54) is 23.7 Å². The van der Waals surface area contributed by atoms with Crippen molar-refractivity contribution >= 4 is 27.5 Å². The van der Waals surface area contributed by atoms with E-state index in [-0.39, 0.29) is 29.2 Å². The van der Waals surface area contributed by atoms with Crippen LogP contribution in [0, 0.1) is 5.41 Å². The Morgan fingerprint density at radius 2 is 2.05 bits per heavy atom. The van der Waals surface area contributed by atoms with Gasteiger partial charge in [0.15, 0.2) is 0 Å². The van der Waals surface area contributed by atoms with Crippen molar-refractivity contribution in [2.75, 3.05) is 20.1 Å². The van der Waals surface area contributed by atoms with Gasteiger partial charge in [0, 0.05) is 20.1 Å². The molecule has 7 nitrogen and oxygen atoms in total. The highest BCUT2D eigenvalue weighted by Gasteiger charge is 2.44. The van der Waals surface area contributed by atoms with E-state index >= 15 is 0 Å². The van der Waals surface area contributed by atoms with Crippen LogP contribution in [0.25, 0.3) is 0 Å². The van der Waals surface area contributed by atoms with Crippen LogP contribution in [-0.2, 0) is 14.8 Å². The molecular formula is C11H15ClN4O3S. The molecule has 1 unspecified atom stereocenters. The van der Waals surface area contributed by atoms with Crippen LogP contribution in [0.3, 0.4) is 0 Å². The topological polar surface area (TPSA) is 92.3 Å². The van der Waals surface area contributed by atoms with E-state index < -0.39 is 15.4 Å². The molecule has 20 heavy (non-hydrogen) atoms. The number of nitrogens with one attached hydrogen (secondary N) is 1. The van der Waals surface area contributed by atoms with E-state index in [1.54, 1.807) is 6.92 Å². The van der Waals surface area contributed by atoms with Gasteiger partial charge < -0.3 is 5.32 Å². The van der Waals surface area contributed by atoms with Crippen LogP contribution in [-0.4, -0.2) is 48.7 Å². The van der Waals surface area contributed by atoms with Gasteiger partial charge in [-0.25, -0.2) is 18.4 Å². The Bertz CT molecular complexity index is 619. The van der Waals surface area contributed by atoms with Gasteiger partial charge >= 0.3 is 0 Å². The van der Waals surface area contributed by atoms with Crippen LogP contribution in [0.15, 0.2) is 17.3 Å². The summed E-state index contributed by atoms with van der Waals surface area (Å²) < 4.78 is 26.1. The molecule has 1 fully saturated rings. The largest absolute Gasteiger partial charge is 0.359 e. The number of sulfonamides is 1. The molecule has 0 bridgehead atoms. The van der Waals surface area contributed by atoms with E-state index in [0.717, 1.165) is 0 Å². The van der Waals surface area contributed by atoms with Gasteiger partial charge in [-0.05, 0) is 24.9 Å². The zero-order chi connectivity index (χ0) is 15.0. The number of amides is 1. The number of halogens is 1. The van der Waals surface area contributed by atoms with Crippen molar-refractivity contribution < 1.29 is 13.2 Å². The van der Waals surface area contributed by atoms with Gasteiger partial charge in [0.2, 0.25) is 21.2 Å². The molecule has 110 valence electrons. The number of rotatable bonds is 3. The first-order valence-corrected chi connectivity index (χ1v) is 7.81. The number of carbonyl (C=O) groups excluding carboxylic acids is 1. The SMILES string of the molecule is CNC(=O)C1(C)CCN(S(=O)(=O)c2cnc(Cl)nc2)C1. The molecule has 2 rings (SSSR count). The van der Waals surface area contributed by atoms with Crippen molar-refractivity contribution in [2.45, 2.75) is 18.2 Å². The second-order valence-corrected chi connectivity index (χ2v) is 7.19. The third kappa shape index (κ3) is 2.63. The lowest BCUT2D eigenvalue weighted by Crippen LogP contribution is -2.40. The molecule has 0 saturated carbocycles. The molecule has 1 atom stereocenters. The first-order chi connectivity index (χ1) is 9.29. The minimum absolute atomic E-state index is 0.0134. The molecule has 2 heterocycles. The molecule has 1 aliphatic rings. The Kier molecular flexibility index (Phi) is 3.99. The second-order valence-electron chi connectivity index (χ2n) is 4.92. The molecule has 1 amide bonds. The molecule has 0 radical (unpaired) electrons. The first-order valence-electron chi connectivity index (χ1n) is 5.99. The summed E-state index contributed by atoms with van der Waals surface area (Å²) in [5, 5.41) is 2.55. The van der Waals surface area contributed by atoms with Crippen molar-refractivity contribution in [1.29, 1.82) is 0 Å². The molecule has 1 aromatic rings. The lowest BCUT2D eigenvalue weighted by Gasteiger charge is -2.22. The molecular weight excluding hydrogens is 304 g/mol. The van der Waals surface area contributed by atoms with Crippen LogP contribution < -0.4 is 5.32 Å². The quantitative estimate of drug-likeness (QED) is 0.808. The minimum atomic E-state index is -3.70. The standard InChI is InChI=1S/C11H15ClN4O3S/c1-11(9(17)13-2)3-4-16(7-11)20(18,19)8-5-14-10(12)15-6-8/h5-6H,3-4,7H2,1-2H3,(H,13,17). The van der Waals surface area contributed by atoms with Crippen molar-refractivity contribution in [1.82, 2.24) is 19.6 Å². The van der Waals surface area contributed by atoms with Crippen molar-refractivity contribution in [2.24, 2.45) is 5.41 Å². The summed E-state index contributed by atoms with van der Waals surface area (Å²) >= 11 is 5.54. The van der Waals surface area contributed by atoms with Gasteiger partial charge in [-0.1, -0.05) is 0 Å². The zero-order valence-corrected chi connectivity index (χ0v) is 12.7. The summed E-state index contributed by atoms with van der Waals surface area (Å²) in [5.41, 5.74) is -0.713. The van der Waals surface area contributed by atoms with Gasteiger partial charge in [-0.15, -0.1) is 0 Å². The molecule has 9 heteroatoms. The summed E-state index contributed by atoms with van der Waals surface area (Å²) in [7, 11) is -2.16. The number of hydrogen-bond donors (Lipinski definition) is 1. The molecule has 1 N–H and O–H groups in total.